The lowest BCUT2D eigenvalue weighted by atomic mass is 9.98. The van der Waals surface area contributed by atoms with Crippen molar-refractivity contribution in [2.24, 2.45) is 0 Å². The Bertz CT molecular complexity index is 978. The van der Waals surface area contributed by atoms with Crippen LogP contribution in [0, 0.1) is 25.5 Å². The summed E-state index contributed by atoms with van der Waals surface area (Å²) in [4.78, 5) is 35.7. The fourth-order valence-corrected chi connectivity index (χ4v) is 2.80. The molecule has 0 bridgehead atoms. The monoisotopic (exact) mass is 398 g/mol. The lowest BCUT2D eigenvalue weighted by Gasteiger charge is -2.13. The van der Waals surface area contributed by atoms with E-state index in [2.05, 4.69) is 10.6 Å². The van der Waals surface area contributed by atoms with Gasteiger partial charge in [-0.15, -0.1) is 5.98 Å². The summed E-state index contributed by atoms with van der Waals surface area (Å²) in [6.45, 7) is 3.09. The predicted octanol–water partition coefficient (Wildman–Crippen LogP) is 2.34. The minimum absolute atomic E-state index is 0.0862. The molecular formula is C20H17BF2N2O4. The summed E-state index contributed by atoms with van der Waals surface area (Å²) < 4.78 is 26.5. The van der Waals surface area contributed by atoms with Crippen molar-refractivity contribution in [1.82, 2.24) is 10.6 Å². The Balaban J connectivity index is 2.18. The topological polar surface area (TPSA) is 95.5 Å². The zero-order valence-corrected chi connectivity index (χ0v) is 15.7. The van der Waals surface area contributed by atoms with Gasteiger partial charge in [0.2, 0.25) is 0 Å². The predicted molar refractivity (Wildman–Crippen MR) is 102 cm³/mol. The Hall–Kier alpha value is -3.49. The molecule has 9 heteroatoms. The molecule has 2 amide bonds. The molecule has 3 N–H and O–H groups in total. The molecule has 29 heavy (non-hydrogen) atoms. The van der Waals surface area contributed by atoms with Gasteiger partial charge >= 0.3 is 5.97 Å². The van der Waals surface area contributed by atoms with E-state index >= 15 is 0 Å². The number of benzene rings is 2. The number of amides is 2. The van der Waals surface area contributed by atoms with Crippen LogP contribution in [0.2, 0.25) is 0 Å². The van der Waals surface area contributed by atoms with Gasteiger partial charge in [0.15, 0.2) is 0 Å². The molecule has 0 saturated carbocycles. The van der Waals surface area contributed by atoms with Crippen molar-refractivity contribution < 1.29 is 28.3 Å². The van der Waals surface area contributed by atoms with Crippen LogP contribution in [0.3, 0.4) is 0 Å². The van der Waals surface area contributed by atoms with Crippen LogP contribution < -0.4 is 10.6 Å². The average Bonchev–Trinajstić information content (AvgIpc) is 2.62. The van der Waals surface area contributed by atoms with Gasteiger partial charge in [-0.25, -0.2) is 13.6 Å². The van der Waals surface area contributed by atoms with Crippen LogP contribution >= 0.6 is 0 Å². The Kier molecular flexibility index (Phi) is 6.87. The summed E-state index contributed by atoms with van der Waals surface area (Å²) in [5.74, 6) is -3.29. The summed E-state index contributed by atoms with van der Waals surface area (Å²) in [6, 6.07) is 5.86. The smallest absolute Gasteiger partial charge is 0.351 e. The maximum absolute atomic E-state index is 13.2. The number of nitrogens with one attached hydrogen (secondary N) is 2. The largest absolute Gasteiger partial charge is 0.477 e. The zero-order valence-electron chi connectivity index (χ0n) is 15.7. The van der Waals surface area contributed by atoms with Gasteiger partial charge in [0.05, 0.1) is 0 Å². The van der Waals surface area contributed by atoms with Crippen LogP contribution in [0.5, 0.6) is 0 Å². The van der Waals surface area contributed by atoms with Crippen LogP contribution in [-0.2, 0) is 11.3 Å². The lowest BCUT2D eigenvalue weighted by Crippen LogP contribution is -2.29. The number of aryl methyl sites for hydroxylation is 2. The summed E-state index contributed by atoms with van der Waals surface area (Å²) >= 11 is 0. The number of halogens is 2. The van der Waals surface area contributed by atoms with Crippen molar-refractivity contribution in [3.63, 3.8) is 0 Å². The number of rotatable bonds is 6. The number of carboxylic acids is 1. The van der Waals surface area contributed by atoms with Gasteiger partial charge in [-0.3, -0.25) is 9.59 Å². The van der Waals surface area contributed by atoms with E-state index in [4.69, 9.17) is 13.0 Å². The molecule has 6 nitrogen and oxygen atoms in total. The van der Waals surface area contributed by atoms with E-state index in [9.17, 15) is 23.2 Å². The highest BCUT2D eigenvalue weighted by Crippen LogP contribution is 2.18. The van der Waals surface area contributed by atoms with Crippen LogP contribution in [0.25, 0.3) is 0 Å². The third-order valence-electron chi connectivity index (χ3n) is 4.04. The van der Waals surface area contributed by atoms with Crippen molar-refractivity contribution >= 4 is 25.6 Å². The number of aliphatic carboxylic acids is 1. The second kappa shape index (κ2) is 9.14. The standard InChI is InChI=1S/C20H17BF2N2O4/c1-10-3-13(18(26)24-9-12-5-14(22)7-15(23)6-12)4-11(2)17(10)19(27)25-16(8-21)20(28)29/h3-8H,9H2,1-2H3,(H,24,26)(H,25,27)(H,28,29)/b16-8-. The first-order chi connectivity index (χ1) is 13.6. The quantitative estimate of drug-likeness (QED) is 0.514. The van der Waals surface area contributed by atoms with E-state index < -0.39 is 35.1 Å². The third kappa shape index (κ3) is 5.50. The van der Waals surface area contributed by atoms with E-state index in [1.165, 1.54) is 12.1 Å². The van der Waals surface area contributed by atoms with Gasteiger partial charge in [-0.1, -0.05) is 0 Å². The first kappa shape index (κ1) is 21.8. The van der Waals surface area contributed by atoms with Gasteiger partial charge in [0, 0.05) is 23.7 Å². The Morgan fingerprint density at radius 3 is 2.03 bits per heavy atom. The maximum Gasteiger partial charge on any atom is 0.351 e. The molecule has 2 aromatic carbocycles. The van der Waals surface area contributed by atoms with Gasteiger partial charge in [-0.2, -0.15) is 0 Å². The Morgan fingerprint density at radius 2 is 1.55 bits per heavy atom. The Labute approximate surface area is 167 Å². The molecule has 148 valence electrons. The second-order valence-corrected chi connectivity index (χ2v) is 6.29. The summed E-state index contributed by atoms with van der Waals surface area (Å²) in [6.07, 6.45) is 0. The van der Waals surface area contributed by atoms with E-state index in [1.807, 2.05) is 0 Å². The number of carboxylic acid groups (broad SMARTS) is 1. The number of carbonyl (C=O) groups is 3. The van der Waals surface area contributed by atoms with Crippen molar-refractivity contribution in [1.29, 1.82) is 0 Å². The molecule has 2 radical (unpaired) electrons. The minimum Gasteiger partial charge on any atom is -0.477 e. The molecule has 0 aliphatic rings. The number of carbonyl (C=O) groups excluding carboxylic acids is 2. The fraction of sp³-hybridized carbons (Fsp3) is 0.150. The third-order valence-corrected chi connectivity index (χ3v) is 4.04. The molecule has 0 atom stereocenters. The van der Waals surface area contributed by atoms with Crippen molar-refractivity contribution in [3.8, 4) is 0 Å². The van der Waals surface area contributed by atoms with E-state index in [1.54, 1.807) is 13.8 Å². The SMILES string of the molecule is [B]/C=C(\NC(=O)c1c(C)cc(C(=O)NCc2cc(F)cc(F)c2)cc1C)C(=O)O. The molecule has 0 spiro atoms. The van der Waals surface area contributed by atoms with E-state index in [0.717, 1.165) is 24.2 Å². The van der Waals surface area contributed by atoms with E-state index in [-0.39, 0.29) is 23.2 Å². The van der Waals surface area contributed by atoms with Crippen molar-refractivity contribution in [2.45, 2.75) is 20.4 Å². The molecular weight excluding hydrogens is 381 g/mol. The minimum atomic E-state index is -1.39. The summed E-state index contributed by atoms with van der Waals surface area (Å²) in [5, 5.41) is 13.7. The fourth-order valence-electron chi connectivity index (χ4n) is 2.80. The normalized spacial score (nSPS) is 11.1. The molecule has 0 heterocycles. The highest BCUT2D eigenvalue weighted by atomic mass is 19.1. The molecule has 0 fully saturated rings. The number of hydrogen-bond donors (Lipinski definition) is 3. The van der Waals surface area contributed by atoms with Crippen LogP contribution in [0.15, 0.2) is 42.0 Å². The van der Waals surface area contributed by atoms with Gasteiger partial charge in [0.1, 0.15) is 25.2 Å². The maximum atomic E-state index is 13.2. The highest BCUT2D eigenvalue weighted by Gasteiger charge is 2.18. The first-order valence-electron chi connectivity index (χ1n) is 8.43. The molecule has 0 unspecified atom stereocenters. The number of hydrogen-bond acceptors (Lipinski definition) is 3. The van der Waals surface area contributed by atoms with Crippen LogP contribution in [0.1, 0.15) is 37.4 Å². The summed E-state index contributed by atoms with van der Waals surface area (Å²) in [5.41, 5.74) is 1.10. The van der Waals surface area contributed by atoms with Gasteiger partial charge in [0.25, 0.3) is 11.8 Å². The molecule has 2 rings (SSSR count). The highest BCUT2D eigenvalue weighted by molar-refractivity contribution is 6.20. The zero-order chi connectivity index (χ0) is 21.7. The average molecular weight is 398 g/mol. The van der Waals surface area contributed by atoms with Crippen molar-refractivity contribution in [2.75, 3.05) is 0 Å². The lowest BCUT2D eigenvalue weighted by molar-refractivity contribution is -0.133. The van der Waals surface area contributed by atoms with Crippen LogP contribution in [0.4, 0.5) is 8.78 Å². The molecule has 0 aliphatic carbocycles. The second-order valence-electron chi connectivity index (χ2n) is 6.29. The molecule has 0 aromatic heterocycles. The molecule has 0 saturated heterocycles. The van der Waals surface area contributed by atoms with Gasteiger partial charge < -0.3 is 15.7 Å². The molecule has 2 aromatic rings. The van der Waals surface area contributed by atoms with Gasteiger partial charge in [-0.05, 0) is 54.8 Å². The Morgan fingerprint density at radius 1 is 1.00 bits per heavy atom. The first-order valence-corrected chi connectivity index (χ1v) is 8.43. The molecule has 0 aliphatic heterocycles. The van der Waals surface area contributed by atoms with Crippen molar-refractivity contribution in [3.05, 3.63) is 81.5 Å². The summed E-state index contributed by atoms with van der Waals surface area (Å²) in [7, 11) is 5.18. The van der Waals surface area contributed by atoms with Crippen LogP contribution in [-0.4, -0.2) is 30.7 Å². The van der Waals surface area contributed by atoms with E-state index in [0.29, 0.717) is 11.1 Å².